The average molecular weight is 457 g/mol. The molecule has 34 heavy (non-hydrogen) atoms. The van der Waals surface area contributed by atoms with E-state index in [2.05, 4.69) is 15.3 Å². The van der Waals surface area contributed by atoms with Gasteiger partial charge >= 0.3 is 0 Å². The summed E-state index contributed by atoms with van der Waals surface area (Å²) in [6.07, 6.45) is 4.89. The molecule has 0 fully saturated rings. The first-order valence-corrected chi connectivity index (χ1v) is 10.4. The molecule has 1 aliphatic rings. The van der Waals surface area contributed by atoms with Gasteiger partial charge in [-0.05, 0) is 36.4 Å². The zero-order chi connectivity index (χ0) is 22.8. The molecule has 0 bridgehead atoms. The zero-order valence-electron chi connectivity index (χ0n) is 17.8. The summed E-state index contributed by atoms with van der Waals surface area (Å²) in [6, 6.07) is 17.1. The number of ether oxygens (including phenoxy) is 2. The molecule has 1 N–H and O–H groups in total. The van der Waals surface area contributed by atoms with Crippen LogP contribution in [0.15, 0.2) is 79.3 Å². The minimum absolute atomic E-state index is 0. The van der Waals surface area contributed by atoms with Gasteiger partial charge in [0.2, 0.25) is 0 Å². The van der Waals surface area contributed by atoms with Crippen LogP contribution in [0.4, 0.5) is 5.69 Å². The van der Waals surface area contributed by atoms with Gasteiger partial charge in [-0.3, -0.25) is 19.6 Å². The summed E-state index contributed by atoms with van der Waals surface area (Å²) in [4.78, 5) is 35.9. The first kappa shape index (κ1) is 22.7. The van der Waals surface area contributed by atoms with Crippen molar-refractivity contribution in [1.29, 1.82) is 0 Å². The molecule has 0 spiro atoms. The maximum Gasteiger partial charge on any atom is 0.270 e. The number of aromatic nitrogens is 2. The number of hydrogen-bond donors (Lipinski definition) is 1. The first-order chi connectivity index (χ1) is 16.1. The highest BCUT2D eigenvalue weighted by Crippen LogP contribution is 2.37. The van der Waals surface area contributed by atoms with Crippen LogP contribution in [-0.2, 0) is 4.79 Å². The van der Waals surface area contributed by atoms with E-state index in [1.807, 2.05) is 42.5 Å². The number of pyridine rings is 2. The lowest BCUT2D eigenvalue weighted by Gasteiger charge is -2.21. The number of fused-ring (bicyclic) bond motifs is 3. The molecule has 0 unspecified atom stereocenters. The second-order valence-electron chi connectivity index (χ2n) is 7.54. The molecule has 172 valence electrons. The maximum absolute atomic E-state index is 13.2. The van der Waals surface area contributed by atoms with Gasteiger partial charge in [0.05, 0.1) is 5.69 Å². The summed E-state index contributed by atoms with van der Waals surface area (Å²) < 4.78 is 11.7. The Kier molecular flexibility index (Phi) is 6.40. The molecular weight excluding hydrogens is 432 g/mol. The van der Waals surface area contributed by atoms with Crippen molar-refractivity contribution in [3.63, 3.8) is 0 Å². The van der Waals surface area contributed by atoms with Crippen molar-refractivity contribution in [3.05, 3.63) is 84.9 Å². The third kappa shape index (κ3) is 4.38. The average Bonchev–Trinajstić information content (AvgIpc) is 2.97. The van der Waals surface area contributed by atoms with Crippen molar-refractivity contribution in [2.45, 2.75) is 13.5 Å². The fourth-order valence-corrected chi connectivity index (χ4v) is 3.74. The molecule has 8 heteroatoms. The van der Waals surface area contributed by atoms with E-state index in [-0.39, 0.29) is 25.6 Å². The topological polar surface area (TPSA) is 93.7 Å². The molecule has 2 aromatic carbocycles. The molecule has 8 nitrogen and oxygen atoms in total. The molecule has 5 rings (SSSR count). The number of anilines is 1. The van der Waals surface area contributed by atoms with Crippen LogP contribution in [0.3, 0.4) is 0 Å². The van der Waals surface area contributed by atoms with E-state index < -0.39 is 11.9 Å². The van der Waals surface area contributed by atoms with E-state index in [4.69, 9.17) is 9.47 Å². The normalized spacial score (nSPS) is 14.9. The molecule has 2 amide bonds. The van der Waals surface area contributed by atoms with E-state index in [9.17, 15) is 9.59 Å². The number of hydrogen-bond acceptors (Lipinski definition) is 6. The Bertz CT molecular complexity index is 1340. The lowest BCUT2D eigenvalue weighted by Crippen LogP contribution is -2.49. The Labute approximate surface area is 197 Å². The molecular formula is C26H24N4O4. The van der Waals surface area contributed by atoms with Crippen molar-refractivity contribution in [3.8, 4) is 17.2 Å². The number of amides is 2. The van der Waals surface area contributed by atoms with Crippen molar-refractivity contribution in [2.24, 2.45) is 0 Å². The Morgan fingerprint density at radius 2 is 1.91 bits per heavy atom. The summed E-state index contributed by atoms with van der Waals surface area (Å²) in [5, 5.41) is 4.48. The number of nitrogens with zero attached hydrogens (tertiary/aromatic N) is 3. The molecule has 4 aromatic rings. The van der Waals surface area contributed by atoms with E-state index in [1.54, 1.807) is 31.6 Å². The number of carbonyl (C=O) groups is 2. The highest BCUT2D eigenvalue weighted by molar-refractivity contribution is 6.09. The third-order valence-electron chi connectivity index (χ3n) is 5.37. The molecule has 1 aliphatic heterocycles. The van der Waals surface area contributed by atoms with Gasteiger partial charge in [-0.2, -0.15) is 0 Å². The number of likely N-dealkylation sites (N-methyl/N-ethyl adjacent to an activating group) is 1. The summed E-state index contributed by atoms with van der Waals surface area (Å²) in [6.45, 7) is -0.00128. The summed E-state index contributed by atoms with van der Waals surface area (Å²) >= 11 is 0. The van der Waals surface area contributed by atoms with Crippen LogP contribution < -0.4 is 19.7 Å². The molecule has 0 aliphatic carbocycles. The van der Waals surface area contributed by atoms with Crippen LogP contribution >= 0.6 is 0 Å². The lowest BCUT2D eigenvalue weighted by molar-refractivity contribution is -0.120. The Morgan fingerprint density at radius 1 is 1.09 bits per heavy atom. The SMILES string of the molecule is C.CN1C(=O)[C@@H](NC(=O)c2cc(Oc3ccccc3)ccn2)COc2ccc3cnccc3c21. The molecule has 0 saturated carbocycles. The second kappa shape index (κ2) is 9.58. The van der Waals surface area contributed by atoms with Gasteiger partial charge in [-0.25, -0.2) is 0 Å². The minimum Gasteiger partial charge on any atom is -0.489 e. The number of para-hydroxylation sites is 1. The standard InChI is InChI=1S/C25H20N4O4.CH4/c1-29-23-19-10-11-26-14-16(19)7-8-22(23)32-15-21(25(29)31)28-24(30)20-13-18(9-12-27-20)33-17-5-3-2-4-6-17;/h2-14,21H,15H2,1H3,(H,28,30);1H4/t21-;/m0./s1. The highest BCUT2D eigenvalue weighted by atomic mass is 16.5. The molecule has 0 saturated heterocycles. The second-order valence-corrected chi connectivity index (χ2v) is 7.54. The van der Waals surface area contributed by atoms with Crippen LogP contribution in [0.5, 0.6) is 17.2 Å². The molecule has 0 radical (unpaired) electrons. The summed E-state index contributed by atoms with van der Waals surface area (Å²) in [5.41, 5.74) is 0.783. The van der Waals surface area contributed by atoms with Gasteiger partial charge in [0, 0.05) is 42.5 Å². The number of nitrogens with one attached hydrogen (secondary N) is 1. The smallest absolute Gasteiger partial charge is 0.270 e. The van der Waals surface area contributed by atoms with Gasteiger partial charge in [-0.1, -0.05) is 25.6 Å². The van der Waals surface area contributed by atoms with Gasteiger partial charge < -0.3 is 19.7 Å². The maximum atomic E-state index is 13.2. The minimum atomic E-state index is -0.882. The van der Waals surface area contributed by atoms with E-state index in [1.165, 1.54) is 17.2 Å². The third-order valence-corrected chi connectivity index (χ3v) is 5.37. The number of rotatable bonds is 4. The quantitative estimate of drug-likeness (QED) is 0.494. The van der Waals surface area contributed by atoms with Crippen molar-refractivity contribution < 1.29 is 19.1 Å². The van der Waals surface area contributed by atoms with Crippen molar-refractivity contribution >= 4 is 28.3 Å². The van der Waals surface area contributed by atoms with E-state index in [0.717, 1.165) is 10.8 Å². The van der Waals surface area contributed by atoms with Crippen LogP contribution in [-0.4, -0.2) is 41.5 Å². The Hall–Kier alpha value is -4.46. The largest absolute Gasteiger partial charge is 0.489 e. The van der Waals surface area contributed by atoms with E-state index in [0.29, 0.717) is 22.9 Å². The Balaban J connectivity index is 0.00000274. The van der Waals surface area contributed by atoms with Gasteiger partial charge in [0.15, 0.2) is 0 Å². The molecule has 3 heterocycles. The van der Waals surface area contributed by atoms with Gasteiger partial charge in [0.1, 0.15) is 35.6 Å². The zero-order valence-corrected chi connectivity index (χ0v) is 17.8. The number of carbonyl (C=O) groups excluding carboxylic acids is 2. The predicted molar refractivity (Wildman–Crippen MR) is 129 cm³/mol. The van der Waals surface area contributed by atoms with Crippen LogP contribution in [0.25, 0.3) is 10.8 Å². The van der Waals surface area contributed by atoms with Crippen LogP contribution in [0, 0.1) is 0 Å². The van der Waals surface area contributed by atoms with Gasteiger partial charge in [0.25, 0.3) is 11.8 Å². The Morgan fingerprint density at radius 3 is 2.74 bits per heavy atom. The van der Waals surface area contributed by atoms with Crippen LogP contribution in [0.1, 0.15) is 17.9 Å². The summed E-state index contributed by atoms with van der Waals surface area (Å²) in [7, 11) is 1.67. The number of benzene rings is 2. The van der Waals surface area contributed by atoms with E-state index >= 15 is 0 Å². The van der Waals surface area contributed by atoms with Gasteiger partial charge in [-0.15, -0.1) is 0 Å². The fraction of sp³-hybridized carbons (Fsp3) is 0.154. The predicted octanol–water partition coefficient (Wildman–Crippen LogP) is 4.21. The fourth-order valence-electron chi connectivity index (χ4n) is 3.74. The van der Waals surface area contributed by atoms with Crippen molar-refractivity contribution in [1.82, 2.24) is 15.3 Å². The highest BCUT2D eigenvalue weighted by Gasteiger charge is 2.32. The lowest BCUT2D eigenvalue weighted by atomic mass is 10.1. The van der Waals surface area contributed by atoms with Crippen molar-refractivity contribution in [2.75, 3.05) is 18.6 Å². The molecule has 2 aromatic heterocycles. The van der Waals surface area contributed by atoms with Crippen LogP contribution in [0.2, 0.25) is 0 Å². The summed E-state index contributed by atoms with van der Waals surface area (Å²) in [5.74, 6) is 0.892. The monoisotopic (exact) mass is 456 g/mol. The molecule has 1 atom stereocenters. The first-order valence-electron chi connectivity index (χ1n) is 10.4.